The summed E-state index contributed by atoms with van der Waals surface area (Å²) in [6.07, 6.45) is 1.27. The van der Waals surface area contributed by atoms with Crippen LogP contribution in [-0.4, -0.2) is 19.8 Å². The third-order valence-corrected chi connectivity index (χ3v) is 2.36. The lowest BCUT2D eigenvalue weighted by atomic mass is 10.3. The van der Waals surface area contributed by atoms with Gasteiger partial charge in [0.2, 0.25) is 0 Å². The molecule has 0 aromatic heterocycles. The number of hydrogen-bond donors (Lipinski definition) is 0. The average molecular weight is 150 g/mol. The molecule has 0 bridgehead atoms. The first-order valence-corrected chi connectivity index (χ1v) is 4.06. The Hall–Kier alpha value is 0.310. The fourth-order valence-corrected chi connectivity index (χ4v) is 1.53. The molecule has 3 nitrogen and oxygen atoms in total. The van der Waals surface area contributed by atoms with Crippen molar-refractivity contribution in [2.45, 2.75) is 19.4 Å². The zero-order valence-corrected chi connectivity index (χ0v) is 6.56. The van der Waals surface area contributed by atoms with Crippen LogP contribution in [0.4, 0.5) is 0 Å². The lowest BCUT2D eigenvalue weighted by Crippen LogP contribution is -2.14. The van der Waals surface area contributed by atoms with E-state index in [1.165, 1.54) is 0 Å². The molecule has 1 unspecified atom stereocenters. The van der Waals surface area contributed by atoms with Crippen molar-refractivity contribution < 1.29 is 13.6 Å². The average Bonchev–Trinajstić information content (AvgIpc) is 1.88. The molecule has 1 saturated heterocycles. The third kappa shape index (κ3) is 2.18. The highest BCUT2D eigenvalue weighted by Gasteiger charge is 2.20. The first kappa shape index (κ1) is 7.42. The van der Waals surface area contributed by atoms with Crippen LogP contribution >= 0.6 is 8.60 Å². The van der Waals surface area contributed by atoms with Crippen LogP contribution in [0, 0.1) is 0 Å². The van der Waals surface area contributed by atoms with Gasteiger partial charge in [0.1, 0.15) is 0 Å². The fraction of sp³-hybridized carbons (Fsp3) is 1.00. The Balaban J connectivity index is 2.23. The minimum absolute atomic E-state index is 0.296. The van der Waals surface area contributed by atoms with Gasteiger partial charge in [-0.05, 0) is 13.3 Å². The molecule has 0 amide bonds. The molecule has 0 saturated carbocycles. The summed E-state index contributed by atoms with van der Waals surface area (Å²) in [5.74, 6) is 0. The summed E-state index contributed by atoms with van der Waals surface area (Å²) in [7, 11) is 0.592. The van der Waals surface area contributed by atoms with Crippen LogP contribution in [0.25, 0.3) is 0 Å². The molecule has 0 radical (unpaired) electrons. The maximum Gasteiger partial charge on any atom is 0.332 e. The zero-order chi connectivity index (χ0) is 6.69. The summed E-state index contributed by atoms with van der Waals surface area (Å²) in [6, 6.07) is 0. The van der Waals surface area contributed by atoms with E-state index in [4.69, 9.17) is 13.6 Å². The second-order valence-corrected chi connectivity index (χ2v) is 3.23. The molecule has 4 heteroatoms. The maximum absolute atomic E-state index is 5.26. The second kappa shape index (κ2) is 3.47. The Morgan fingerprint density at radius 2 is 2.44 bits per heavy atom. The molecule has 9 heavy (non-hydrogen) atoms. The van der Waals surface area contributed by atoms with Gasteiger partial charge >= 0.3 is 8.60 Å². The van der Waals surface area contributed by atoms with Crippen molar-refractivity contribution in [3.8, 4) is 0 Å². The van der Waals surface area contributed by atoms with Crippen molar-refractivity contribution in [3.05, 3.63) is 0 Å². The first-order valence-electron chi connectivity index (χ1n) is 2.97. The molecule has 1 rings (SSSR count). The number of rotatable bonds is 1. The zero-order valence-electron chi connectivity index (χ0n) is 5.66. The highest BCUT2D eigenvalue weighted by atomic mass is 31.2. The summed E-state index contributed by atoms with van der Waals surface area (Å²) < 4.78 is 15.3. The molecular weight excluding hydrogens is 139 g/mol. The molecule has 1 aliphatic heterocycles. The molecule has 0 aliphatic carbocycles. The molecule has 0 aromatic rings. The van der Waals surface area contributed by atoms with Gasteiger partial charge in [-0.3, -0.25) is 0 Å². The van der Waals surface area contributed by atoms with Gasteiger partial charge in [-0.15, -0.1) is 0 Å². The highest BCUT2D eigenvalue weighted by Crippen LogP contribution is 2.43. The quantitative estimate of drug-likeness (QED) is 0.532. The van der Waals surface area contributed by atoms with Gasteiger partial charge in [-0.2, -0.15) is 0 Å². The van der Waals surface area contributed by atoms with E-state index in [1.54, 1.807) is 7.11 Å². The summed E-state index contributed by atoms with van der Waals surface area (Å²) >= 11 is 0. The van der Waals surface area contributed by atoms with Gasteiger partial charge in [0, 0.05) is 7.11 Å². The van der Waals surface area contributed by atoms with Crippen LogP contribution in [0.2, 0.25) is 0 Å². The van der Waals surface area contributed by atoms with Crippen LogP contribution in [0.1, 0.15) is 13.3 Å². The smallest absolute Gasteiger partial charge is 0.316 e. The normalized spacial score (nSPS) is 36.7. The van der Waals surface area contributed by atoms with Crippen molar-refractivity contribution >= 4 is 8.60 Å². The fourth-order valence-electron chi connectivity index (χ4n) is 0.619. The van der Waals surface area contributed by atoms with E-state index in [-0.39, 0.29) is 0 Å². The lowest BCUT2D eigenvalue weighted by Gasteiger charge is -2.24. The van der Waals surface area contributed by atoms with Crippen molar-refractivity contribution in [1.29, 1.82) is 0 Å². The van der Waals surface area contributed by atoms with E-state index in [1.807, 2.05) is 6.92 Å². The predicted octanol–water partition coefficient (Wildman–Crippen LogP) is 1.69. The van der Waals surface area contributed by atoms with Gasteiger partial charge in [-0.1, -0.05) is 0 Å². The van der Waals surface area contributed by atoms with E-state index in [0.29, 0.717) is 6.10 Å². The SMILES string of the molecule is COP1OCC[C@H](C)O1. The van der Waals surface area contributed by atoms with E-state index >= 15 is 0 Å². The second-order valence-electron chi connectivity index (χ2n) is 1.94. The van der Waals surface area contributed by atoms with E-state index in [0.717, 1.165) is 13.0 Å². The monoisotopic (exact) mass is 150 g/mol. The summed E-state index contributed by atoms with van der Waals surface area (Å²) in [4.78, 5) is 0. The molecular formula is C5H11O3P. The Bertz CT molecular complexity index is 88.3. The van der Waals surface area contributed by atoms with Crippen molar-refractivity contribution in [3.63, 3.8) is 0 Å². The standard InChI is InChI=1S/C5H11O3P/c1-5-3-4-7-9(6-2)8-5/h5H,3-4H2,1-2H3/t5-,9?/m0/s1. The molecule has 2 atom stereocenters. The van der Waals surface area contributed by atoms with Crippen LogP contribution in [0.15, 0.2) is 0 Å². The van der Waals surface area contributed by atoms with Crippen LogP contribution < -0.4 is 0 Å². The minimum atomic E-state index is -1.01. The highest BCUT2D eigenvalue weighted by molar-refractivity contribution is 7.41. The number of hydrogen-bond acceptors (Lipinski definition) is 3. The lowest BCUT2D eigenvalue weighted by molar-refractivity contribution is 0.0806. The van der Waals surface area contributed by atoms with Gasteiger partial charge in [-0.25, -0.2) is 0 Å². The van der Waals surface area contributed by atoms with Gasteiger partial charge in [0.05, 0.1) is 12.7 Å². The van der Waals surface area contributed by atoms with Crippen LogP contribution in [-0.2, 0) is 13.6 Å². The third-order valence-electron chi connectivity index (χ3n) is 1.14. The van der Waals surface area contributed by atoms with Gasteiger partial charge < -0.3 is 13.6 Å². The molecule has 0 spiro atoms. The molecule has 54 valence electrons. The molecule has 0 aromatic carbocycles. The Morgan fingerprint density at radius 3 is 2.89 bits per heavy atom. The molecule has 1 fully saturated rings. The van der Waals surface area contributed by atoms with E-state index in [2.05, 4.69) is 0 Å². The summed E-state index contributed by atoms with van der Waals surface area (Å²) in [6.45, 7) is 2.79. The molecule has 1 aliphatic rings. The van der Waals surface area contributed by atoms with Gasteiger partial charge in [0.25, 0.3) is 0 Å². The van der Waals surface area contributed by atoms with Crippen LogP contribution in [0.3, 0.4) is 0 Å². The van der Waals surface area contributed by atoms with Crippen molar-refractivity contribution in [2.75, 3.05) is 13.7 Å². The van der Waals surface area contributed by atoms with E-state index in [9.17, 15) is 0 Å². The minimum Gasteiger partial charge on any atom is -0.316 e. The summed E-state index contributed by atoms with van der Waals surface area (Å²) in [5, 5.41) is 0. The van der Waals surface area contributed by atoms with Gasteiger partial charge in [0.15, 0.2) is 0 Å². The maximum atomic E-state index is 5.26. The molecule has 0 N–H and O–H groups in total. The van der Waals surface area contributed by atoms with Crippen molar-refractivity contribution in [1.82, 2.24) is 0 Å². The Kier molecular flexibility index (Phi) is 2.86. The molecule has 1 heterocycles. The van der Waals surface area contributed by atoms with Crippen molar-refractivity contribution in [2.24, 2.45) is 0 Å². The van der Waals surface area contributed by atoms with E-state index < -0.39 is 8.60 Å². The first-order chi connectivity index (χ1) is 4.33. The Morgan fingerprint density at radius 1 is 1.67 bits per heavy atom. The van der Waals surface area contributed by atoms with Crippen LogP contribution in [0.5, 0.6) is 0 Å². The topological polar surface area (TPSA) is 27.7 Å². The Labute approximate surface area is 56.3 Å². The predicted molar refractivity (Wildman–Crippen MR) is 35.0 cm³/mol. The largest absolute Gasteiger partial charge is 0.332 e. The summed E-state index contributed by atoms with van der Waals surface area (Å²) in [5.41, 5.74) is 0.